The third-order valence-electron chi connectivity index (χ3n) is 3.50. The molecule has 1 aromatic heterocycles. The van der Waals surface area contributed by atoms with Gasteiger partial charge in [-0.25, -0.2) is 0 Å². The Morgan fingerprint density at radius 3 is 2.67 bits per heavy atom. The normalized spacial score (nSPS) is 13.1. The van der Waals surface area contributed by atoms with E-state index in [4.69, 9.17) is 11.5 Å². The average Bonchev–Trinajstić information content (AvgIpc) is 2.81. The topological polar surface area (TPSA) is 114 Å². The van der Waals surface area contributed by atoms with Gasteiger partial charge in [0.05, 0.1) is 6.04 Å². The molecule has 0 fully saturated rings. The minimum absolute atomic E-state index is 0.380. The molecule has 0 aliphatic rings. The number of nitrogens with one attached hydrogen (secondary N) is 2. The number of hydrogen-bond acceptors (Lipinski definition) is 3. The van der Waals surface area contributed by atoms with Crippen molar-refractivity contribution in [1.82, 2.24) is 10.3 Å². The summed E-state index contributed by atoms with van der Waals surface area (Å²) in [6.45, 7) is 3.09. The number of primary amides is 1. The van der Waals surface area contributed by atoms with Crippen molar-refractivity contribution in [2.45, 2.75) is 31.8 Å². The third-order valence-corrected chi connectivity index (χ3v) is 3.50. The summed E-state index contributed by atoms with van der Waals surface area (Å²) in [6, 6.07) is 7.05. The van der Waals surface area contributed by atoms with Crippen molar-refractivity contribution in [3.63, 3.8) is 0 Å². The molecule has 0 saturated heterocycles. The summed E-state index contributed by atoms with van der Waals surface area (Å²) in [6.07, 6.45) is 2.22. The zero-order valence-corrected chi connectivity index (χ0v) is 12.1. The first kappa shape index (κ1) is 15.1. The number of nitrogens with two attached hydrogens (primary N) is 2. The highest BCUT2D eigenvalue weighted by atomic mass is 16.2. The average molecular weight is 288 g/mol. The molecule has 0 aliphatic carbocycles. The predicted molar refractivity (Wildman–Crippen MR) is 81.4 cm³/mol. The molecule has 6 nitrogen and oxygen atoms in total. The summed E-state index contributed by atoms with van der Waals surface area (Å²) in [5, 5.41) is 3.60. The second kappa shape index (κ2) is 5.57. The molecule has 2 amide bonds. The molecule has 0 saturated carbocycles. The number of H-pyrrole nitrogens is 1. The van der Waals surface area contributed by atoms with Gasteiger partial charge in [-0.05, 0) is 31.9 Å². The van der Waals surface area contributed by atoms with Crippen LogP contribution in [0.1, 0.15) is 19.4 Å². The maximum absolute atomic E-state index is 12.1. The van der Waals surface area contributed by atoms with E-state index >= 15 is 0 Å². The third kappa shape index (κ3) is 3.22. The van der Waals surface area contributed by atoms with Gasteiger partial charge in [-0.15, -0.1) is 0 Å². The fourth-order valence-corrected chi connectivity index (χ4v) is 2.09. The lowest BCUT2D eigenvalue weighted by Gasteiger charge is -2.24. The maximum atomic E-state index is 12.1. The van der Waals surface area contributed by atoms with Gasteiger partial charge < -0.3 is 21.8 Å². The zero-order valence-electron chi connectivity index (χ0n) is 12.1. The van der Waals surface area contributed by atoms with Crippen LogP contribution in [0.4, 0.5) is 0 Å². The number of amides is 2. The first-order valence-electron chi connectivity index (χ1n) is 6.74. The van der Waals surface area contributed by atoms with Crippen LogP contribution in [0.5, 0.6) is 0 Å². The second-order valence-corrected chi connectivity index (χ2v) is 5.65. The number of carbonyl (C=O) groups is 2. The van der Waals surface area contributed by atoms with Gasteiger partial charge in [-0.2, -0.15) is 0 Å². The molecule has 0 aliphatic heterocycles. The fourth-order valence-electron chi connectivity index (χ4n) is 2.09. The van der Waals surface area contributed by atoms with E-state index < -0.39 is 23.4 Å². The van der Waals surface area contributed by atoms with Crippen molar-refractivity contribution in [2.75, 3.05) is 0 Å². The first-order chi connectivity index (χ1) is 9.81. The van der Waals surface area contributed by atoms with Crippen LogP contribution in [-0.2, 0) is 16.0 Å². The summed E-state index contributed by atoms with van der Waals surface area (Å²) in [5.74, 6) is -1.00. The van der Waals surface area contributed by atoms with Crippen LogP contribution in [0, 0.1) is 0 Å². The molecule has 1 atom stereocenters. The number of carbonyl (C=O) groups excluding carboxylic acids is 2. The van der Waals surface area contributed by atoms with Crippen LogP contribution in [0.25, 0.3) is 10.9 Å². The zero-order chi connectivity index (χ0) is 15.6. The number of aromatic nitrogens is 1. The Hall–Kier alpha value is -2.34. The lowest BCUT2D eigenvalue weighted by atomic mass is 10.0. The van der Waals surface area contributed by atoms with E-state index in [9.17, 15) is 9.59 Å². The van der Waals surface area contributed by atoms with Gasteiger partial charge in [0.15, 0.2) is 0 Å². The molecule has 6 N–H and O–H groups in total. The minimum atomic E-state index is -1.12. The Morgan fingerprint density at radius 2 is 2.00 bits per heavy atom. The number of rotatable bonds is 5. The fraction of sp³-hybridized carbons (Fsp3) is 0.333. The number of aromatic amines is 1. The van der Waals surface area contributed by atoms with Gasteiger partial charge in [0.25, 0.3) is 0 Å². The van der Waals surface area contributed by atoms with Crippen LogP contribution in [0.2, 0.25) is 0 Å². The summed E-state index contributed by atoms with van der Waals surface area (Å²) < 4.78 is 0. The molecule has 0 radical (unpaired) electrons. The Bertz CT molecular complexity index is 675. The number of hydrogen-bond donors (Lipinski definition) is 4. The molecule has 2 rings (SSSR count). The van der Waals surface area contributed by atoms with E-state index in [1.165, 1.54) is 0 Å². The van der Waals surface area contributed by atoms with Crippen molar-refractivity contribution < 1.29 is 9.59 Å². The molecule has 21 heavy (non-hydrogen) atoms. The largest absolute Gasteiger partial charge is 0.368 e. The lowest BCUT2D eigenvalue weighted by molar-refractivity contribution is -0.131. The molecule has 1 aromatic carbocycles. The van der Waals surface area contributed by atoms with Crippen molar-refractivity contribution >= 4 is 22.7 Å². The smallest absolute Gasteiger partial charge is 0.242 e. The van der Waals surface area contributed by atoms with Crippen molar-refractivity contribution in [3.05, 3.63) is 36.0 Å². The lowest BCUT2D eigenvalue weighted by Crippen LogP contribution is -2.57. The molecule has 0 spiro atoms. The molecule has 0 bridgehead atoms. The monoisotopic (exact) mass is 288 g/mol. The molecule has 2 aromatic rings. The van der Waals surface area contributed by atoms with Gasteiger partial charge in [0.2, 0.25) is 11.8 Å². The van der Waals surface area contributed by atoms with E-state index in [1.807, 2.05) is 30.5 Å². The van der Waals surface area contributed by atoms with Gasteiger partial charge in [0, 0.05) is 17.1 Å². The predicted octanol–water partition coefficient (Wildman–Crippen LogP) is 0.418. The highest BCUT2D eigenvalue weighted by Crippen LogP contribution is 2.18. The summed E-state index contributed by atoms with van der Waals surface area (Å²) >= 11 is 0. The Kier molecular flexibility index (Phi) is 3.99. The molecular formula is C15H20N4O2. The standard InChI is InChI=1S/C15H20N4O2/c1-15(2,14(17)21)19-13(20)11(16)7-9-8-18-12-6-4-3-5-10(9)12/h3-6,8,11,18H,7,16H2,1-2H3,(H2,17,21)(H,19,20). The molecule has 112 valence electrons. The van der Waals surface area contributed by atoms with Crippen LogP contribution in [0.15, 0.2) is 30.5 Å². The van der Waals surface area contributed by atoms with Crippen LogP contribution in [-0.4, -0.2) is 28.4 Å². The second-order valence-electron chi connectivity index (χ2n) is 5.65. The van der Waals surface area contributed by atoms with Gasteiger partial charge >= 0.3 is 0 Å². The quantitative estimate of drug-likeness (QED) is 0.639. The Balaban J connectivity index is 2.09. The summed E-state index contributed by atoms with van der Waals surface area (Å²) in [4.78, 5) is 26.4. The number of benzene rings is 1. The van der Waals surface area contributed by atoms with Crippen LogP contribution < -0.4 is 16.8 Å². The van der Waals surface area contributed by atoms with E-state index in [0.29, 0.717) is 6.42 Å². The number of para-hydroxylation sites is 1. The van der Waals surface area contributed by atoms with Crippen molar-refractivity contribution in [2.24, 2.45) is 11.5 Å². The van der Waals surface area contributed by atoms with Gasteiger partial charge in [-0.1, -0.05) is 18.2 Å². The Morgan fingerprint density at radius 1 is 1.33 bits per heavy atom. The molecule has 6 heteroatoms. The molecular weight excluding hydrogens is 268 g/mol. The first-order valence-corrected chi connectivity index (χ1v) is 6.74. The van der Waals surface area contributed by atoms with E-state index in [0.717, 1.165) is 16.5 Å². The van der Waals surface area contributed by atoms with Crippen molar-refractivity contribution in [3.8, 4) is 0 Å². The van der Waals surface area contributed by atoms with E-state index in [-0.39, 0.29) is 0 Å². The van der Waals surface area contributed by atoms with Crippen LogP contribution in [0.3, 0.4) is 0 Å². The van der Waals surface area contributed by atoms with Gasteiger partial charge in [0.1, 0.15) is 5.54 Å². The maximum Gasteiger partial charge on any atom is 0.242 e. The van der Waals surface area contributed by atoms with E-state index in [2.05, 4.69) is 10.3 Å². The van der Waals surface area contributed by atoms with E-state index in [1.54, 1.807) is 13.8 Å². The van der Waals surface area contributed by atoms with Gasteiger partial charge in [-0.3, -0.25) is 9.59 Å². The highest BCUT2D eigenvalue weighted by Gasteiger charge is 2.29. The SMILES string of the molecule is CC(C)(NC(=O)C(N)Cc1c[nH]c2ccccc12)C(N)=O. The Labute approximate surface area is 122 Å². The summed E-state index contributed by atoms with van der Waals surface area (Å²) in [5.41, 5.74) is 12.0. The molecule has 1 unspecified atom stereocenters. The number of fused-ring (bicyclic) bond motifs is 1. The van der Waals surface area contributed by atoms with Crippen molar-refractivity contribution in [1.29, 1.82) is 0 Å². The van der Waals surface area contributed by atoms with Crippen LogP contribution >= 0.6 is 0 Å². The minimum Gasteiger partial charge on any atom is -0.368 e. The highest BCUT2D eigenvalue weighted by molar-refractivity contribution is 5.92. The molecule has 1 heterocycles. The summed E-state index contributed by atoms with van der Waals surface area (Å²) in [7, 11) is 0.